The molecule has 0 aromatic heterocycles. The largest absolute Gasteiger partial charge is 0.480 e. The number of esters is 5. The first-order valence-corrected chi connectivity index (χ1v) is 33.7. The zero-order chi connectivity index (χ0) is 69.5. The van der Waals surface area contributed by atoms with Crippen LogP contribution in [0.1, 0.15) is 223 Å². The van der Waals surface area contributed by atoms with Gasteiger partial charge in [0.15, 0.2) is 0 Å². The summed E-state index contributed by atoms with van der Waals surface area (Å²) in [5.74, 6) is -0.783. The second kappa shape index (κ2) is 55.9. The van der Waals surface area contributed by atoms with Gasteiger partial charge in [-0.25, -0.2) is 9.59 Å². The van der Waals surface area contributed by atoms with E-state index >= 15 is 0 Å². The fourth-order valence-corrected chi connectivity index (χ4v) is 7.13. The minimum Gasteiger partial charge on any atom is -0.480 e. The van der Waals surface area contributed by atoms with Crippen molar-refractivity contribution in [3.8, 4) is 0 Å². The monoisotopic (exact) mass is 1310 g/mol. The highest BCUT2D eigenvalue weighted by molar-refractivity contribution is 7.51. The average molecular weight is 1310 g/mol. The molecule has 522 valence electrons. The van der Waals surface area contributed by atoms with E-state index < -0.39 is 54.1 Å². The van der Waals surface area contributed by atoms with E-state index in [0.717, 1.165) is 45.1 Å². The van der Waals surface area contributed by atoms with Gasteiger partial charge in [0.2, 0.25) is 0 Å². The first-order chi connectivity index (χ1) is 42.3. The highest BCUT2D eigenvalue weighted by Crippen LogP contribution is 2.34. The topological polar surface area (TPSA) is 340 Å². The molecule has 0 spiro atoms. The van der Waals surface area contributed by atoms with Gasteiger partial charge in [0.25, 0.3) is 0 Å². The number of rotatable bonds is 37. The van der Waals surface area contributed by atoms with Crippen LogP contribution in [-0.2, 0) is 76.1 Å². The Morgan fingerprint density at radius 2 is 1.00 bits per heavy atom. The van der Waals surface area contributed by atoms with Gasteiger partial charge in [-0.1, -0.05) is 104 Å². The molecule has 1 aromatic rings. The van der Waals surface area contributed by atoms with Crippen molar-refractivity contribution >= 4 is 61.7 Å². The molecule has 25 heteroatoms. The van der Waals surface area contributed by atoms with Crippen molar-refractivity contribution in [2.75, 3.05) is 85.6 Å². The van der Waals surface area contributed by atoms with Gasteiger partial charge in [-0.2, -0.15) is 9.59 Å². The summed E-state index contributed by atoms with van der Waals surface area (Å²) < 4.78 is 45.9. The minimum atomic E-state index is -4.06. The van der Waals surface area contributed by atoms with Crippen LogP contribution in [0.15, 0.2) is 30.3 Å². The number of nitrogens with zero attached hydrogens (tertiary/aromatic N) is 1. The number of amides is 2. The lowest BCUT2D eigenvalue weighted by Crippen LogP contribution is -2.32. The van der Waals surface area contributed by atoms with Crippen molar-refractivity contribution in [3.05, 3.63) is 35.9 Å². The maximum atomic E-state index is 11.8. The Bertz CT molecular complexity index is 2160. The predicted octanol–water partition coefficient (Wildman–Crippen LogP) is 11.8. The fraction of sp³-hybridized carbons (Fsp3) is 0.769. The molecule has 1 aromatic carbocycles. The van der Waals surface area contributed by atoms with E-state index in [9.17, 15) is 42.9 Å². The van der Waals surface area contributed by atoms with Crippen LogP contribution >= 0.6 is 7.60 Å². The molecule has 0 saturated heterocycles. The third kappa shape index (κ3) is 56.1. The van der Waals surface area contributed by atoms with Gasteiger partial charge in [-0.05, 0) is 156 Å². The standard InChI is InChI=1S/C22H39NO6.C19H35NO6.C10H14.C8H17O5P.C5H11NO2.CO2/c1-4-22(2,3)20(25)27-16-14-23-21(26)28-15-10-6-9-13-19(24)29-17-18-11-7-5-8-12-18;1-5-7-13-24-16(21)11-9-8-10-14-26-18(23)20-12-15-25-17(22)19(3,4)6-2;1-3-9(2)10-7-5-4-6-8-10;1-4-8(2,3)7(9)13-5-6-14(10,11)12;1-3-6(2)4-5(7)8;2-1-3/h18H,4-17H2,1-3H3,(H,23,26);5-15H2,1-4H3,(H,20,23);4-9H,3H2,1-2H3;4-6H2,1-3H3,(H2,10,11,12);3-4H2,1-2H3,(H,7,8);. The van der Waals surface area contributed by atoms with Gasteiger partial charge < -0.3 is 58.7 Å². The summed E-state index contributed by atoms with van der Waals surface area (Å²) in [7, 11) is -2.29. The summed E-state index contributed by atoms with van der Waals surface area (Å²) in [6.45, 7) is 27.9. The molecular formula is C65H116N3O21P. The summed E-state index contributed by atoms with van der Waals surface area (Å²) in [4.78, 5) is 126. The SMILES string of the molecule is CCC(C)(C)C(=O)OCCNC(=O)OCCCCCC(=O)OCC1CCCCC1.CCC(C)(C)C(=O)OCCP(=O)(O)O.CCC(C)c1ccccc1.CCCCOC(=O)CCCCCOC(=O)NCCOC(=O)C(C)(C)CC.CCN(C)CC(=O)O.O=C=O. The van der Waals surface area contributed by atoms with Crippen LogP contribution in [0.25, 0.3) is 0 Å². The van der Waals surface area contributed by atoms with E-state index in [0.29, 0.717) is 83.2 Å². The van der Waals surface area contributed by atoms with E-state index in [-0.39, 0.29) is 69.5 Å². The molecule has 0 radical (unpaired) electrons. The lowest BCUT2D eigenvalue weighted by atomic mass is 9.90. The quantitative estimate of drug-likeness (QED) is 0.0179. The summed E-state index contributed by atoms with van der Waals surface area (Å²) >= 11 is 0. The van der Waals surface area contributed by atoms with E-state index in [1.54, 1.807) is 25.8 Å². The first-order valence-electron chi connectivity index (χ1n) is 31.9. The van der Waals surface area contributed by atoms with Gasteiger partial charge >= 0.3 is 61.7 Å². The van der Waals surface area contributed by atoms with Crippen LogP contribution in [0.5, 0.6) is 0 Å². The van der Waals surface area contributed by atoms with Crippen molar-refractivity contribution < 1.29 is 101 Å². The molecule has 2 amide bonds. The molecule has 1 aliphatic rings. The zero-order valence-electron chi connectivity index (χ0n) is 57.0. The van der Waals surface area contributed by atoms with Crippen LogP contribution in [-0.4, -0.2) is 160 Å². The van der Waals surface area contributed by atoms with Crippen molar-refractivity contribution in [3.63, 3.8) is 0 Å². The maximum Gasteiger partial charge on any atom is 0.407 e. The first kappa shape index (κ1) is 90.5. The van der Waals surface area contributed by atoms with E-state index in [2.05, 4.69) is 54.8 Å². The molecule has 5 N–H and O–H groups in total. The number of carboxylic acid groups (broad SMARTS) is 1. The number of unbranched alkanes of at least 4 members (excludes halogenated alkanes) is 5. The summed E-state index contributed by atoms with van der Waals surface area (Å²) in [5.41, 5.74) is -0.161. The van der Waals surface area contributed by atoms with E-state index in [4.69, 9.17) is 57.6 Å². The Morgan fingerprint density at radius 1 is 0.589 bits per heavy atom. The highest BCUT2D eigenvalue weighted by atomic mass is 31.2. The van der Waals surface area contributed by atoms with Gasteiger partial charge in [0.05, 0.1) is 68.5 Å². The Labute approximate surface area is 537 Å². The second-order valence-electron chi connectivity index (χ2n) is 23.5. The molecule has 0 heterocycles. The van der Waals surface area contributed by atoms with E-state index in [1.165, 1.54) is 44.1 Å². The maximum absolute atomic E-state index is 11.8. The second-order valence-corrected chi connectivity index (χ2v) is 25.3. The Hall–Kier alpha value is -5.93. The summed E-state index contributed by atoms with van der Waals surface area (Å²) in [5, 5.41) is 13.3. The van der Waals surface area contributed by atoms with Crippen LogP contribution < -0.4 is 10.6 Å². The number of nitrogens with one attached hydrogen (secondary N) is 2. The fourth-order valence-electron chi connectivity index (χ4n) is 6.80. The number of ether oxygens (including phenoxy) is 7. The molecule has 1 aliphatic carbocycles. The van der Waals surface area contributed by atoms with Crippen LogP contribution in [0.4, 0.5) is 9.59 Å². The zero-order valence-corrected chi connectivity index (χ0v) is 57.9. The number of hydrogen-bond acceptors (Lipinski definition) is 19. The molecule has 1 fully saturated rings. The van der Waals surface area contributed by atoms with Gasteiger partial charge in [-0.15, -0.1) is 0 Å². The van der Waals surface area contributed by atoms with Gasteiger partial charge in [0.1, 0.15) is 19.8 Å². The van der Waals surface area contributed by atoms with Crippen molar-refractivity contribution in [2.24, 2.45) is 22.2 Å². The number of likely N-dealkylation sites (N-methyl/N-ethyl adjacent to an activating group) is 1. The third-order valence-electron chi connectivity index (χ3n) is 14.5. The number of hydrogen-bond donors (Lipinski definition) is 5. The Morgan fingerprint density at radius 3 is 1.37 bits per heavy atom. The number of carboxylic acids is 1. The molecule has 2 rings (SSSR count). The smallest absolute Gasteiger partial charge is 0.407 e. The van der Waals surface area contributed by atoms with Crippen LogP contribution in [0, 0.1) is 22.2 Å². The number of carbonyl (C=O) groups is 8. The van der Waals surface area contributed by atoms with Gasteiger partial charge in [-0.3, -0.25) is 38.2 Å². The van der Waals surface area contributed by atoms with E-state index in [1.807, 2.05) is 62.3 Å². The van der Waals surface area contributed by atoms with Gasteiger partial charge in [0, 0.05) is 12.8 Å². The normalized spacial score (nSPS) is 12.3. The molecule has 0 aliphatic heterocycles. The molecule has 24 nitrogen and oxygen atoms in total. The number of benzene rings is 1. The molecule has 1 unspecified atom stereocenters. The Balaban J connectivity index is -0.000000546. The van der Waals surface area contributed by atoms with Crippen LogP contribution in [0.3, 0.4) is 0 Å². The lowest BCUT2D eigenvalue weighted by Gasteiger charge is -2.21. The lowest BCUT2D eigenvalue weighted by molar-refractivity contribution is -0.192. The average Bonchev–Trinajstić information content (AvgIpc) is 3.62. The van der Waals surface area contributed by atoms with Crippen LogP contribution in [0.2, 0.25) is 0 Å². The molecule has 1 saturated carbocycles. The minimum absolute atomic E-state index is 0.123. The molecule has 1 atom stereocenters. The molecular weight excluding hydrogens is 1190 g/mol. The number of alkyl carbamates (subject to hydrolysis) is 2. The van der Waals surface area contributed by atoms with Crippen molar-refractivity contribution in [1.82, 2.24) is 15.5 Å². The number of aliphatic carboxylic acids is 1. The molecule has 90 heavy (non-hydrogen) atoms. The predicted molar refractivity (Wildman–Crippen MR) is 342 cm³/mol. The molecule has 0 bridgehead atoms. The van der Waals surface area contributed by atoms with Crippen molar-refractivity contribution in [2.45, 2.75) is 218 Å². The summed E-state index contributed by atoms with van der Waals surface area (Å²) in [6.07, 6.45) is 15.3. The highest BCUT2D eigenvalue weighted by Gasteiger charge is 2.29. The Kier molecular flexibility index (Phi) is 56.2. The summed E-state index contributed by atoms with van der Waals surface area (Å²) in [6, 6.07) is 10.6. The third-order valence-corrected chi connectivity index (χ3v) is 15.3. The van der Waals surface area contributed by atoms with Crippen molar-refractivity contribution in [1.29, 1.82) is 0 Å². The number of carbonyl (C=O) groups excluding carboxylic acids is 9.